The molecule has 1 rings (SSSR count). The summed E-state index contributed by atoms with van der Waals surface area (Å²) >= 11 is 1.51. The van der Waals surface area contributed by atoms with Crippen LogP contribution in [0.15, 0.2) is 17.5 Å². The van der Waals surface area contributed by atoms with E-state index in [-0.39, 0.29) is 36.9 Å². The fourth-order valence-electron chi connectivity index (χ4n) is 1.23. The van der Waals surface area contributed by atoms with E-state index < -0.39 is 0 Å². The second kappa shape index (κ2) is 6.96. The maximum Gasteiger partial charge on any atom is 0.225 e. The summed E-state index contributed by atoms with van der Waals surface area (Å²) < 4.78 is 0. The maximum absolute atomic E-state index is 11.4. The topological polar surface area (TPSA) is 63.2 Å². The largest absolute Gasteiger partial charge is 0.349 e. The molecule has 1 N–H and O–H groups in total. The second-order valence-corrected chi connectivity index (χ2v) is 4.81. The lowest BCUT2D eigenvalue weighted by molar-refractivity contribution is -0.125. The van der Waals surface area contributed by atoms with Crippen molar-refractivity contribution in [2.75, 3.05) is 6.54 Å². The first-order valence-electron chi connectivity index (χ1n) is 5.38. The number of carbonyl (C=O) groups is 3. The molecule has 92 valence electrons. The number of hydrogen-bond donors (Lipinski definition) is 1. The summed E-state index contributed by atoms with van der Waals surface area (Å²) in [5, 5.41) is 4.45. The van der Waals surface area contributed by atoms with Crippen molar-refractivity contribution in [3.8, 4) is 0 Å². The van der Waals surface area contributed by atoms with Crippen molar-refractivity contribution in [1.29, 1.82) is 0 Å². The Bertz CT molecular complexity index is 398. The van der Waals surface area contributed by atoms with Gasteiger partial charge in [0.1, 0.15) is 5.78 Å². The van der Waals surface area contributed by atoms with E-state index in [1.807, 2.05) is 17.5 Å². The Kier molecular flexibility index (Phi) is 5.56. The molecule has 0 bridgehead atoms. The molecule has 0 unspecified atom stereocenters. The minimum absolute atomic E-state index is 0.0109. The van der Waals surface area contributed by atoms with Crippen LogP contribution >= 0.6 is 11.3 Å². The highest BCUT2D eigenvalue weighted by atomic mass is 32.1. The van der Waals surface area contributed by atoms with E-state index in [1.54, 1.807) is 0 Å². The molecule has 17 heavy (non-hydrogen) atoms. The van der Waals surface area contributed by atoms with Crippen LogP contribution in [-0.4, -0.2) is 24.0 Å². The molecule has 0 spiro atoms. The van der Waals surface area contributed by atoms with Gasteiger partial charge in [-0.2, -0.15) is 0 Å². The summed E-state index contributed by atoms with van der Waals surface area (Å²) in [7, 11) is 0. The number of rotatable bonds is 7. The van der Waals surface area contributed by atoms with E-state index in [4.69, 9.17) is 0 Å². The highest BCUT2D eigenvalue weighted by Gasteiger charge is 2.07. The van der Waals surface area contributed by atoms with Gasteiger partial charge in [-0.05, 0) is 18.4 Å². The average Bonchev–Trinajstić information content (AvgIpc) is 2.76. The summed E-state index contributed by atoms with van der Waals surface area (Å²) in [5.41, 5.74) is 0. The first-order chi connectivity index (χ1) is 8.08. The maximum atomic E-state index is 11.4. The van der Waals surface area contributed by atoms with E-state index >= 15 is 0 Å². The zero-order chi connectivity index (χ0) is 12.7. The van der Waals surface area contributed by atoms with Gasteiger partial charge >= 0.3 is 0 Å². The number of carbonyl (C=O) groups excluding carboxylic acids is 3. The Hall–Kier alpha value is -1.49. The first kappa shape index (κ1) is 13.6. The molecule has 5 heteroatoms. The number of thiophene rings is 1. The first-order valence-corrected chi connectivity index (χ1v) is 6.26. The SMILES string of the molecule is CC(=O)CCC(=O)CNC(=O)Cc1cccs1. The van der Waals surface area contributed by atoms with Gasteiger partial charge in [0.25, 0.3) is 0 Å². The van der Waals surface area contributed by atoms with E-state index in [9.17, 15) is 14.4 Å². The molecular formula is C12H15NO3S. The van der Waals surface area contributed by atoms with Gasteiger partial charge in [-0.1, -0.05) is 6.07 Å². The molecule has 0 saturated heterocycles. The zero-order valence-corrected chi connectivity index (χ0v) is 10.5. The van der Waals surface area contributed by atoms with Crippen LogP contribution in [0.4, 0.5) is 0 Å². The van der Waals surface area contributed by atoms with Crippen LogP contribution in [0.1, 0.15) is 24.6 Å². The van der Waals surface area contributed by atoms with E-state index in [0.717, 1.165) is 4.88 Å². The minimum atomic E-state index is -0.163. The van der Waals surface area contributed by atoms with Crippen LogP contribution in [0, 0.1) is 0 Å². The van der Waals surface area contributed by atoms with Gasteiger partial charge in [0, 0.05) is 17.7 Å². The molecule has 0 aliphatic rings. The van der Waals surface area contributed by atoms with Crippen LogP contribution in [0.25, 0.3) is 0 Å². The molecule has 0 radical (unpaired) electrons. The van der Waals surface area contributed by atoms with Crippen LogP contribution < -0.4 is 5.32 Å². The normalized spacial score (nSPS) is 9.94. The van der Waals surface area contributed by atoms with Crippen molar-refractivity contribution in [2.24, 2.45) is 0 Å². The lowest BCUT2D eigenvalue weighted by Crippen LogP contribution is -2.30. The lowest BCUT2D eigenvalue weighted by atomic mass is 10.2. The third kappa shape index (κ3) is 5.97. The Morgan fingerprint density at radius 1 is 1.29 bits per heavy atom. The number of Topliss-reactive ketones (excluding diaryl/α,β-unsaturated/α-hetero) is 2. The molecule has 1 aromatic heterocycles. The Morgan fingerprint density at radius 2 is 2.06 bits per heavy atom. The van der Waals surface area contributed by atoms with E-state index in [2.05, 4.69) is 5.32 Å². The zero-order valence-electron chi connectivity index (χ0n) is 9.69. The van der Waals surface area contributed by atoms with Gasteiger partial charge in [0.15, 0.2) is 5.78 Å². The molecule has 0 aliphatic carbocycles. The number of nitrogens with one attached hydrogen (secondary N) is 1. The summed E-state index contributed by atoms with van der Waals surface area (Å²) in [6.45, 7) is 1.46. The highest BCUT2D eigenvalue weighted by molar-refractivity contribution is 7.10. The molecule has 1 aromatic rings. The average molecular weight is 253 g/mol. The molecule has 0 saturated carbocycles. The number of ketones is 2. The Balaban J connectivity index is 2.19. The van der Waals surface area contributed by atoms with Gasteiger partial charge in [0.05, 0.1) is 13.0 Å². The standard InChI is InChI=1S/C12H15NO3S/c1-9(14)4-5-10(15)8-13-12(16)7-11-3-2-6-17-11/h2-3,6H,4-5,7-8H2,1H3,(H,13,16). The van der Waals surface area contributed by atoms with Crippen molar-refractivity contribution in [3.63, 3.8) is 0 Å². The fourth-order valence-corrected chi connectivity index (χ4v) is 1.94. The summed E-state index contributed by atoms with van der Waals surface area (Å²) in [6.07, 6.45) is 0.756. The van der Waals surface area contributed by atoms with Crippen molar-refractivity contribution in [3.05, 3.63) is 22.4 Å². The van der Waals surface area contributed by atoms with Crippen molar-refractivity contribution >= 4 is 28.8 Å². The lowest BCUT2D eigenvalue weighted by Gasteiger charge is -2.02. The van der Waals surface area contributed by atoms with Crippen LogP contribution in [-0.2, 0) is 20.8 Å². The van der Waals surface area contributed by atoms with Crippen LogP contribution in [0.3, 0.4) is 0 Å². The predicted molar refractivity (Wildman–Crippen MR) is 66.0 cm³/mol. The number of hydrogen-bond acceptors (Lipinski definition) is 4. The Morgan fingerprint density at radius 3 is 2.65 bits per heavy atom. The smallest absolute Gasteiger partial charge is 0.225 e. The monoisotopic (exact) mass is 253 g/mol. The molecular weight excluding hydrogens is 238 g/mol. The molecule has 4 nitrogen and oxygen atoms in total. The van der Waals surface area contributed by atoms with Gasteiger partial charge in [-0.3, -0.25) is 9.59 Å². The molecule has 1 heterocycles. The second-order valence-electron chi connectivity index (χ2n) is 3.77. The third-order valence-corrected chi connectivity index (χ3v) is 3.03. The van der Waals surface area contributed by atoms with Gasteiger partial charge in [0.2, 0.25) is 5.91 Å². The summed E-state index contributed by atoms with van der Waals surface area (Å²) in [6, 6.07) is 3.76. The molecule has 0 aromatic carbocycles. The minimum Gasteiger partial charge on any atom is -0.349 e. The van der Waals surface area contributed by atoms with Gasteiger partial charge in [-0.15, -0.1) is 11.3 Å². The quantitative estimate of drug-likeness (QED) is 0.797. The third-order valence-electron chi connectivity index (χ3n) is 2.15. The van der Waals surface area contributed by atoms with Crippen molar-refractivity contribution in [2.45, 2.75) is 26.2 Å². The summed E-state index contributed by atoms with van der Waals surface area (Å²) in [4.78, 5) is 34.4. The van der Waals surface area contributed by atoms with Gasteiger partial charge < -0.3 is 10.1 Å². The molecule has 0 aliphatic heterocycles. The van der Waals surface area contributed by atoms with Crippen LogP contribution in [0.2, 0.25) is 0 Å². The van der Waals surface area contributed by atoms with E-state index in [0.29, 0.717) is 6.42 Å². The van der Waals surface area contributed by atoms with Crippen molar-refractivity contribution in [1.82, 2.24) is 5.32 Å². The van der Waals surface area contributed by atoms with Crippen LogP contribution in [0.5, 0.6) is 0 Å². The van der Waals surface area contributed by atoms with Gasteiger partial charge in [-0.25, -0.2) is 0 Å². The number of amides is 1. The predicted octanol–water partition coefficient (Wildman–Crippen LogP) is 1.35. The molecule has 0 fully saturated rings. The van der Waals surface area contributed by atoms with E-state index in [1.165, 1.54) is 18.3 Å². The summed E-state index contributed by atoms with van der Waals surface area (Å²) in [5.74, 6) is -0.286. The molecule has 1 amide bonds. The fraction of sp³-hybridized carbons (Fsp3) is 0.417. The Labute approximate surface area is 104 Å². The van der Waals surface area contributed by atoms with Crippen molar-refractivity contribution < 1.29 is 14.4 Å². The highest BCUT2D eigenvalue weighted by Crippen LogP contribution is 2.08. The molecule has 0 atom stereocenters.